The van der Waals surface area contributed by atoms with Gasteiger partial charge < -0.3 is 10.0 Å². The number of rotatable bonds is 3. The fourth-order valence-electron chi connectivity index (χ4n) is 2.84. The molecule has 2 N–H and O–H groups in total. The summed E-state index contributed by atoms with van der Waals surface area (Å²) in [4.78, 5) is 5.40. The molecule has 0 atom stereocenters. The van der Waals surface area contributed by atoms with Crippen LogP contribution in [0.25, 0.3) is 10.8 Å². The van der Waals surface area contributed by atoms with Gasteiger partial charge in [0.1, 0.15) is 0 Å². The third-order valence-electron chi connectivity index (χ3n) is 4.01. The van der Waals surface area contributed by atoms with E-state index in [2.05, 4.69) is 57.5 Å². The minimum Gasteiger partial charge on any atom is -0.326 e. The third-order valence-corrected chi connectivity index (χ3v) is 4.93. The molecular formula is C18H17N3S. The molecule has 3 nitrogen and oxygen atoms in total. The Bertz CT molecular complexity index is 811. The van der Waals surface area contributed by atoms with Crippen molar-refractivity contribution >= 4 is 28.4 Å². The highest BCUT2D eigenvalue weighted by atomic mass is 32.2. The summed E-state index contributed by atoms with van der Waals surface area (Å²) in [6.45, 7) is 2.05. The van der Waals surface area contributed by atoms with Gasteiger partial charge in [-0.05, 0) is 60.3 Å². The Kier molecular flexibility index (Phi) is 3.70. The van der Waals surface area contributed by atoms with Crippen LogP contribution in [-0.2, 0) is 13.0 Å². The summed E-state index contributed by atoms with van der Waals surface area (Å²) in [7, 11) is 0. The molecule has 2 heterocycles. The van der Waals surface area contributed by atoms with Crippen molar-refractivity contribution in [1.29, 1.82) is 0 Å². The number of aromatic nitrogens is 1. The van der Waals surface area contributed by atoms with Crippen molar-refractivity contribution in [3.8, 4) is 0 Å². The summed E-state index contributed by atoms with van der Waals surface area (Å²) < 4.78 is 3.47. The van der Waals surface area contributed by atoms with Crippen molar-refractivity contribution in [1.82, 2.24) is 10.3 Å². The number of anilines is 1. The van der Waals surface area contributed by atoms with Crippen molar-refractivity contribution in [3.63, 3.8) is 0 Å². The molecule has 4 heteroatoms. The van der Waals surface area contributed by atoms with Gasteiger partial charge in [-0.25, -0.2) is 0 Å². The highest BCUT2D eigenvalue weighted by Gasteiger charge is 2.09. The summed E-state index contributed by atoms with van der Waals surface area (Å²) in [5, 5.41) is 5.83. The molecule has 0 fully saturated rings. The second-order valence-corrected chi connectivity index (χ2v) is 6.32. The zero-order chi connectivity index (χ0) is 14.8. The summed E-state index contributed by atoms with van der Waals surface area (Å²) in [6, 6.07) is 15.0. The average Bonchev–Trinajstić information content (AvgIpc) is 2.60. The van der Waals surface area contributed by atoms with E-state index in [0.29, 0.717) is 0 Å². The van der Waals surface area contributed by atoms with Gasteiger partial charge in [0.2, 0.25) is 0 Å². The van der Waals surface area contributed by atoms with E-state index in [9.17, 15) is 0 Å². The van der Waals surface area contributed by atoms with Gasteiger partial charge in [0.15, 0.2) is 0 Å². The standard InChI is InChI=1S/C18H17N3S/c1-2-14-11-20-9-7-17(14)18(3-1)22-21-16-5-4-13-6-8-19-12-15(13)10-16/h1-5,7,9-11,19,21H,6,8,12H2. The van der Waals surface area contributed by atoms with Gasteiger partial charge in [0, 0.05) is 40.3 Å². The van der Waals surface area contributed by atoms with Crippen molar-refractivity contribution in [2.45, 2.75) is 17.9 Å². The predicted octanol–water partition coefficient (Wildman–Crippen LogP) is 4.00. The number of benzene rings is 2. The molecule has 22 heavy (non-hydrogen) atoms. The van der Waals surface area contributed by atoms with Gasteiger partial charge in [0.05, 0.1) is 0 Å². The molecule has 0 saturated carbocycles. The Morgan fingerprint density at radius 3 is 3.09 bits per heavy atom. The molecule has 110 valence electrons. The second kappa shape index (κ2) is 5.99. The third kappa shape index (κ3) is 2.67. The summed E-state index contributed by atoms with van der Waals surface area (Å²) in [5.74, 6) is 0. The fraction of sp³-hybridized carbons (Fsp3) is 0.167. The molecule has 0 unspecified atom stereocenters. The fourth-order valence-corrected chi connectivity index (χ4v) is 3.64. The predicted molar refractivity (Wildman–Crippen MR) is 93.1 cm³/mol. The molecule has 0 radical (unpaired) electrons. The van der Waals surface area contributed by atoms with Gasteiger partial charge in [-0.1, -0.05) is 18.2 Å². The number of hydrogen-bond donors (Lipinski definition) is 2. The number of hydrogen-bond acceptors (Lipinski definition) is 4. The Morgan fingerprint density at radius 1 is 1.09 bits per heavy atom. The van der Waals surface area contributed by atoms with E-state index >= 15 is 0 Å². The normalized spacial score (nSPS) is 13.8. The molecule has 3 aromatic rings. The first-order chi connectivity index (χ1) is 10.9. The molecule has 0 saturated heterocycles. The maximum absolute atomic E-state index is 4.18. The Balaban J connectivity index is 1.57. The lowest BCUT2D eigenvalue weighted by Gasteiger charge is -2.18. The van der Waals surface area contributed by atoms with E-state index in [-0.39, 0.29) is 0 Å². The molecular weight excluding hydrogens is 290 g/mol. The highest BCUT2D eigenvalue weighted by Crippen LogP contribution is 2.29. The lowest BCUT2D eigenvalue weighted by molar-refractivity contribution is 0.644. The van der Waals surface area contributed by atoms with Crippen LogP contribution < -0.4 is 10.0 Å². The topological polar surface area (TPSA) is 37.0 Å². The van der Waals surface area contributed by atoms with E-state index in [1.165, 1.54) is 26.8 Å². The molecule has 1 aliphatic rings. The van der Waals surface area contributed by atoms with Crippen LogP contribution >= 0.6 is 11.9 Å². The van der Waals surface area contributed by atoms with Crippen LogP contribution in [0.4, 0.5) is 5.69 Å². The minimum atomic E-state index is 0.968. The van der Waals surface area contributed by atoms with Crippen molar-refractivity contribution in [2.75, 3.05) is 11.3 Å². The lowest BCUT2D eigenvalue weighted by Crippen LogP contribution is -2.23. The molecule has 0 aliphatic carbocycles. The largest absolute Gasteiger partial charge is 0.326 e. The molecule has 0 spiro atoms. The molecule has 4 rings (SSSR count). The van der Waals surface area contributed by atoms with Gasteiger partial charge in [-0.15, -0.1) is 0 Å². The van der Waals surface area contributed by atoms with Gasteiger partial charge in [0.25, 0.3) is 0 Å². The SMILES string of the molecule is c1cc(SNc2ccc3c(c2)CNCC3)c2ccncc2c1. The average molecular weight is 307 g/mol. The van der Waals surface area contributed by atoms with E-state index in [1.54, 1.807) is 11.9 Å². The van der Waals surface area contributed by atoms with Crippen LogP contribution in [0.1, 0.15) is 11.1 Å². The Labute approximate surface area is 134 Å². The molecule has 1 aliphatic heterocycles. The summed E-state index contributed by atoms with van der Waals surface area (Å²) >= 11 is 1.66. The van der Waals surface area contributed by atoms with E-state index in [0.717, 1.165) is 25.2 Å². The van der Waals surface area contributed by atoms with Crippen LogP contribution in [0, 0.1) is 0 Å². The number of fused-ring (bicyclic) bond motifs is 2. The number of nitrogens with zero attached hydrogens (tertiary/aromatic N) is 1. The summed E-state index contributed by atoms with van der Waals surface area (Å²) in [5.41, 5.74) is 4.02. The highest BCUT2D eigenvalue weighted by molar-refractivity contribution is 8.00. The number of nitrogens with one attached hydrogen (secondary N) is 2. The van der Waals surface area contributed by atoms with Gasteiger partial charge in [-0.3, -0.25) is 4.98 Å². The first kappa shape index (κ1) is 13.6. The Hall–Kier alpha value is -2.04. The minimum absolute atomic E-state index is 0.968. The second-order valence-electron chi connectivity index (χ2n) is 5.47. The quantitative estimate of drug-likeness (QED) is 0.717. The van der Waals surface area contributed by atoms with E-state index in [4.69, 9.17) is 0 Å². The number of pyridine rings is 1. The zero-order valence-corrected chi connectivity index (χ0v) is 13.0. The smallest absolute Gasteiger partial charge is 0.0446 e. The Morgan fingerprint density at radius 2 is 2.09 bits per heavy atom. The monoisotopic (exact) mass is 307 g/mol. The zero-order valence-electron chi connectivity index (χ0n) is 12.2. The van der Waals surface area contributed by atoms with Crippen LogP contribution in [0.2, 0.25) is 0 Å². The maximum Gasteiger partial charge on any atom is 0.0446 e. The summed E-state index contributed by atoms with van der Waals surface area (Å²) in [6.07, 6.45) is 4.87. The first-order valence-electron chi connectivity index (χ1n) is 7.48. The van der Waals surface area contributed by atoms with Crippen LogP contribution in [0.5, 0.6) is 0 Å². The van der Waals surface area contributed by atoms with Gasteiger partial charge >= 0.3 is 0 Å². The first-order valence-corrected chi connectivity index (χ1v) is 8.30. The molecule has 0 amide bonds. The molecule has 2 aromatic carbocycles. The van der Waals surface area contributed by atoms with Crippen LogP contribution in [0.3, 0.4) is 0 Å². The van der Waals surface area contributed by atoms with Crippen molar-refractivity contribution in [3.05, 3.63) is 66.0 Å². The van der Waals surface area contributed by atoms with Crippen LogP contribution in [-0.4, -0.2) is 11.5 Å². The van der Waals surface area contributed by atoms with Gasteiger partial charge in [-0.2, -0.15) is 0 Å². The molecule has 0 bridgehead atoms. The lowest BCUT2D eigenvalue weighted by atomic mass is 10.0. The van der Waals surface area contributed by atoms with Crippen molar-refractivity contribution < 1.29 is 0 Å². The van der Waals surface area contributed by atoms with E-state index < -0.39 is 0 Å². The molecule has 1 aromatic heterocycles. The maximum atomic E-state index is 4.18. The van der Waals surface area contributed by atoms with Crippen molar-refractivity contribution in [2.24, 2.45) is 0 Å². The van der Waals surface area contributed by atoms with E-state index in [1.807, 2.05) is 12.4 Å². The van der Waals surface area contributed by atoms with Crippen LogP contribution in [0.15, 0.2) is 59.8 Å².